The number of nitrogens with zero attached hydrogens (tertiary/aromatic N) is 3. The molecule has 1 aromatic heterocycles. The highest BCUT2D eigenvalue weighted by molar-refractivity contribution is 5.82. The van der Waals surface area contributed by atoms with Crippen molar-refractivity contribution in [3.63, 3.8) is 0 Å². The van der Waals surface area contributed by atoms with Gasteiger partial charge in [0.05, 0.1) is 30.6 Å². The van der Waals surface area contributed by atoms with Crippen molar-refractivity contribution in [2.24, 2.45) is 11.8 Å². The average molecular weight is 484 g/mol. The number of rotatable bonds is 5. The molecule has 3 heterocycles. The summed E-state index contributed by atoms with van der Waals surface area (Å²) in [6, 6.07) is 4.70. The highest BCUT2D eigenvalue weighted by Crippen LogP contribution is 2.40. The first-order chi connectivity index (χ1) is 17.0. The second-order valence-electron chi connectivity index (χ2n) is 10.6. The van der Waals surface area contributed by atoms with Crippen molar-refractivity contribution in [1.82, 2.24) is 14.5 Å². The van der Waals surface area contributed by atoms with Gasteiger partial charge in [-0.05, 0) is 75.8 Å². The summed E-state index contributed by atoms with van der Waals surface area (Å²) in [5.41, 5.74) is 4.49. The van der Waals surface area contributed by atoms with E-state index < -0.39 is 5.97 Å². The molecule has 8 heteroatoms. The molecule has 190 valence electrons. The first kappa shape index (κ1) is 24.1. The molecule has 1 atom stereocenters. The molecule has 1 saturated heterocycles. The van der Waals surface area contributed by atoms with Gasteiger partial charge >= 0.3 is 12.1 Å². The van der Waals surface area contributed by atoms with Crippen LogP contribution in [-0.4, -0.2) is 58.5 Å². The zero-order valence-electron chi connectivity index (χ0n) is 20.9. The maximum atomic E-state index is 12.3. The minimum atomic E-state index is -0.679. The van der Waals surface area contributed by atoms with Gasteiger partial charge in [0.2, 0.25) is 0 Å². The number of carbonyl (C=O) groups excluding carboxylic acids is 1. The number of hydrogen-bond acceptors (Lipinski definition) is 5. The first-order valence-electron chi connectivity index (χ1n) is 13.1. The van der Waals surface area contributed by atoms with E-state index in [1.165, 1.54) is 12.7 Å². The van der Waals surface area contributed by atoms with E-state index in [1.54, 1.807) is 4.90 Å². The Kier molecular flexibility index (Phi) is 7.00. The Hall–Kier alpha value is -2.61. The van der Waals surface area contributed by atoms with Gasteiger partial charge in [0.25, 0.3) is 0 Å². The number of imidazole rings is 1. The predicted octanol–water partition coefficient (Wildman–Crippen LogP) is 4.90. The third-order valence-electron chi connectivity index (χ3n) is 8.42. The SMILES string of the molecule is COC(=O)N1CCc2ccc3c(nc([C@H]4CC[C@H](C(=O)O)CC4)n3[C@@H](C)CC3CCOCC3)c2C1. The number of benzene rings is 1. The van der Waals surface area contributed by atoms with E-state index in [0.717, 1.165) is 74.2 Å². The van der Waals surface area contributed by atoms with Crippen molar-refractivity contribution in [3.8, 4) is 0 Å². The van der Waals surface area contributed by atoms with Gasteiger partial charge in [-0.25, -0.2) is 9.78 Å². The fourth-order valence-electron chi connectivity index (χ4n) is 6.42. The van der Waals surface area contributed by atoms with Gasteiger partial charge in [0.15, 0.2) is 0 Å². The topological polar surface area (TPSA) is 93.9 Å². The Balaban J connectivity index is 1.52. The quantitative estimate of drug-likeness (QED) is 0.650. The van der Waals surface area contributed by atoms with Crippen molar-refractivity contribution in [3.05, 3.63) is 29.1 Å². The number of aliphatic carboxylic acids is 1. The summed E-state index contributed by atoms with van der Waals surface area (Å²) in [6.07, 6.45) is 6.87. The molecule has 0 radical (unpaired) electrons. The number of carboxylic acid groups (broad SMARTS) is 1. The third-order valence-corrected chi connectivity index (χ3v) is 8.42. The van der Waals surface area contributed by atoms with Gasteiger partial charge in [-0.15, -0.1) is 0 Å². The van der Waals surface area contributed by atoms with Gasteiger partial charge in [0.1, 0.15) is 5.82 Å². The zero-order valence-corrected chi connectivity index (χ0v) is 20.9. The molecule has 35 heavy (non-hydrogen) atoms. The number of fused-ring (bicyclic) bond motifs is 3. The van der Waals surface area contributed by atoms with Gasteiger partial charge in [-0.3, -0.25) is 4.79 Å². The molecule has 3 aliphatic rings. The van der Waals surface area contributed by atoms with Crippen LogP contribution < -0.4 is 0 Å². The molecule has 0 unspecified atom stereocenters. The van der Waals surface area contributed by atoms with Crippen LogP contribution in [0, 0.1) is 11.8 Å². The lowest BCUT2D eigenvalue weighted by Gasteiger charge is -2.30. The summed E-state index contributed by atoms with van der Waals surface area (Å²) in [7, 11) is 1.43. The Labute approximate surface area is 206 Å². The maximum absolute atomic E-state index is 12.3. The van der Waals surface area contributed by atoms with Crippen LogP contribution in [0.25, 0.3) is 11.0 Å². The third kappa shape index (κ3) is 4.77. The number of amides is 1. The second kappa shape index (κ2) is 10.2. The van der Waals surface area contributed by atoms with Gasteiger partial charge < -0.3 is 24.0 Å². The van der Waals surface area contributed by atoms with Crippen molar-refractivity contribution < 1.29 is 24.2 Å². The van der Waals surface area contributed by atoms with Crippen molar-refractivity contribution >= 4 is 23.1 Å². The van der Waals surface area contributed by atoms with Crippen LogP contribution in [0.15, 0.2) is 12.1 Å². The normalized spacial score (nSPS) is 24.2. The van der Waals surface area contributed by atoms with Crippen LogP contribution in [0.3, 0.4) is 0 Å². The lowest BCUT2D eigenvalue weighted by Crippen LogP contribution is -2.35. The van der Waals surface area contributed by atoms with Crippen LogP contribution in [0.1, 0.15) is 80.8 Å². The van der Waals surface area contributed by atoms with E-state index >= 15 is 0 Å². The molecule has 0 bridgehead atoms. The predicted molar refractivity (Wildman–Crippen MR) is 131 cm³/mol. The summed E-state index contributed by atoms with van der Waals surface area (Å²) in [6.45, 7) is 5.13. The number of aromatic nitrogens is 2. The molecule has 5 rings (SSSR count). The van der Waals surface area contributed by atoms with E-state index in [-0.39, 0.29) is 24.0 Å². The minimum Gasteiger partial charge on any atom is -0.481 e. The number of methoxy groups -OCH3 is 1. The number of hydrogen-bond donors (Lipinski definition) is 1. The molecular weight excluding hydrogens is 446 g/mol. The van der Waals surface area contributed by atoms with E-state index in [1.807, 2.05) is 0 Å². The van der Waals surface area contributed by atoms with Crippen LogP contribution in [-0.2, 0) is 27.2 Å². The van der Waals surface area contributed by atoms with Gasteiger partial charge in [0, 0.05) is 37.3 Å². The fourth-order valence-corrected chi connectivity index (χ4v) is 6.42. The van der Waals surface area contributed by atoms with Gasteiger partial charge in [-0.2, -0.15) is 0 Å². The van der Waals surface area contributed by atoms with Crippen LogP contribution in [0.5, 0.6) is 0 Å². The van der Waals surface area contributed by atoms with Crippen molar-refractivity contribution in [2.45, 2.75) is 76.8 Å². The Bertz CT molecular complexity index is 1080. The Morgan fingerprint density at radius 1 is 1.17 bits per heavy atom. The Morgan fingerprint density at radius 3 is 2.60 bits per heavy atom. The minimum absolute atomic E-state index is 0.245. The molecule has 2 aromatic rings. The molecule has 1 amide bonds. The summed E-state index contributed by atoms with van der Waals surface area (Å²) < 4.78 is 13.0. The lowest BCUT2D eigenvalue weighted by molar-refractivity contribution is -0.142. The van der Waals surface area contributed by atoms with Crippen LogP contribution in [0.4, 0.5) is 4.79 Å². The average Bonchev–Trinajstić information content (AvgIpc) is 3.29. The van der Waals surface area contributed by atoms with E-state index in [9.17, 15) is 14.7 Å². The summed E-state index contributed by atoms with van der Waals surface area (Å²) in [5, 5.41) is 9.48. The molecule has 2 aliphatic heterocycles. The maximum Gasteiger partial charge on any atom is 0.409 e. The fraction of sp³-hybridized carbons (Fsp3) is 0.667. The molecule has 1 aliphatic carbocycles. The zero-order chi connectivity index (χ0) is 24.5. The van der Waals surface area contributed by atoms with E-state index in [4.69, 9.17) is 14.5 Å². The summed E-state index contributed by atoms with van der Waals surface area (Å²) in [4.78, 5) is 30.8. The van der Waals surface area contributed by atoms with Crippen molar-refractivity contribution in [1.29, 1.82) is 0 Å². The molecule has 0 spiro atoms. The molecule has 2 fully saturated rings. The Morgan fingerprint density at radius 2 is 1.91 bits per heavy atom. The number of carboxylic acids is 1. The summed E-state index contributed by atoms with van der Waals surface area (Å²) >= 11 is 0. The highest BCUT2D eigenvalue weighted by Gasteiger charge is 2.33. The molecular formula is C27H37N3O5. The molecule has 1 N–H and O–H groups in total. The number of carbonyl (C=O) groups is 2. The smallest absolute Gasteiger partial charge is 0.409 e. The largest absolute Gasteiger partial charge is 0.481 e. The van der Waals surface area contributed by atoms with Gasteiger partial charge in [-0.1, -0.05) is 6.07 Å². The second-order valence-corrected chi connectivity index (χ2v) is 10.6. The highest BCUT2D eigenvalue weighted by atomic mass is 16.5. The van der Waals surface area contributed by atoms with E-state index in [2.05, 4.69) is 23.6 Å². The molecule has 8 nitrogen and oxygen atoms in total. The number of ether oxygens (including phenoxy) is 2. The van der Waals surface area contributed by atoms with Crippen molar-refractivity contribution in [2.75, 3.05) is 26.9 Å². The molecule has 1 saturated carbocycles. The monoisotopic (exact) mass is 483 g/mol. The van der Waals surface area contributed by atoms with Crippen LogP contribution >= 0.6 is 0 Å². The van der Waals surface area contributed by atoms with Crippen LogP contribution in [0.2, 0.25) is 0 Å². The molecule has 1 aromatic carbocycles. The lowest BCUT2D eigenvalue weighted by atomic mass is 9.81. The standard InChI is InChI=1S/C27H37N3O5/c1-17(15-18-10-13-35-14-11-18)30-23-8-7-19-9-12-29(27(33)34-2)16-22(19)24(23)28-25(30)20-3-5-21(6-4-20)26(31)32/h7-8,17-18,20-21H,3-6,9-16H2,1-2H3,(H,31,32)/t17-,20-,21-/m0/s1. The van der Waals surface area contributed by atoms with E-state index in [0.29, 0.717) is 31.8 Å². The first-order valence-corrected chi connectivity index (χ1v) is 13.1. The summed E-state index contributed by atoms with van der Waals surface area (Å²) in [5.74, 6) is 1.06.